The van der Waals surface area contributed by atoms with Gasteiger partial charge in [0.15, 0.2) is 9.84 Å². The predicted octanol–water partition coefficient (Wildman–Crippen LogP) is 2.04. The molecular formula is C24H28ClN5O5S. The Morgan fingerprint density at radius 2 is 2.00 bits per heavy atom. The molecule has 192 valence electrons. The summed E-state index contributed by atoms with van der Waals surface area (Å²) in [5, 5.41) is 5.26. The van der Waals surface area contributed by atoms with Crippen LogP contribution in [0.15, 0.2) is 30.6 Å². The van der Waals surface area contributed by atoms with E-state index in [-0.39, 0.29) is 49.6 Å². The fourth-order valence-electron chi connectivity index (χ4n) is 4.83. The highest BCUT2D eigenvalue weighted by atomic mass is 35.5. The summed E-state index contributed by atoms with van der Waals surface area (Å²) in [6.07, 6.45) is 3.41. The fourth-order valence-corrected chi connectivity index (χ4v) is 6.25. The number of ether oxygens (including phenoxy) is 1. The first-order valence-electron chi connectivity index (χ1n) is 11.7. The molecule has 3 aromatic rings. The lowest BCUT2D eigenvalue weighted by atomic mass is 10.0. The zero-order chi connectivity index (χ0) is 25.7. The molecule has 10 nitrogen and oxygen atoms in total. The van der Waals surface area contributed by atoms with Crippen LogP contribution in [0.3, 0.4) is 0 Å². The Morgan fingerprint density at radius 3 is 2.75 bits per heavy atom. The van der Waals surface area contributed by atoms with E-state index in [9.17, 15) is 18.0 Å². The standard InChI is InChI=1S/C24H28ClN5O5S/c1-24(2)14-30(12-21(31)29-5-7-36(33,34)8-6-29)20(13-35-24)23(32)28-18-10-15(25)9-17-16-3-4-26-11-19(16)27-22(17)18/h3-4,9-11,20,27H,5-8,12-14H2,1-2H3,(H,28,32). The summed E-state index contributed by atoms with van der Waals surface area (Å²) in [7, 11) is -3.10. The molecule has 0 spiro atoms. The predicted molar refractivity (Wildman–Crippen MR) is 138 cm³/mol. The second-order valence-electron chi connectivity index (χ2n) is 9.94. The second-order valence-corrected chi connectivity index (χ2v) is 12.7. The van der Waals surface area contributed by atoms with Crippen molar-refractivity contribution >= 4 is 60.7 Å². The Morgan fingerprint density at radius 1 is 1.25 bits per heavy atom. The van der Waals surface area contributed by atoms with Crippen molar-refractivity contribution in [3.8, 4) is 0 Å². The highest BCUT2D eigenvalue weighted by Crippen LogP contribution is 2.33. The first-order valence-corrected chi connectivity index (χ1v) is 13.9. The Labute approximate surface area is 213 Å². The van der Waals surface area contributed by atoms with Gasteiger partial charge in [0.1, 0.15) is 6.04 Å². The van der Waals surface area contributed by atoms with Gasteiger partial charge >= 0.3 is 0 Å². The molecule has 36 heavy (non-hydrogen) atoms. The van der Waals surface area contributed by atoms with E-state index >= 15 is 0 Å². The maximum absolute atomic E-state index is 13.5. The number of benzene rings is 1. The molecule has 2 amide bonds. The van der Waals surface area contributed by atoms with Gasteiger partial charge in [0.25, 0.3) is 0 Å². The minimum Gasteiger partial charge on any atom is -0.372 e. The highest BCUT2D eigenvalue weighted by Gasteiger charge is 2.39. The number of carbonyl (C=O) groups is 2. The molecule has 2 saturated heterocycles. The molecule has 12 heteroatoms. The number of fused-ring (bicyclic) bond motifs is 3. The smallest absolute Gasteiger partial charge is 0.244 e. The summed E-state index contributed by atoms with van der Waals surface area (Å²) >= 11 is 6.38. The topological polar surface area (TPSA) is 125 Å². The molecule has 0 saturated carbocycles. The Kier molecular flexibility index (Phi) is 6.44. The molecular weight excluding hydrogens is 506 g/mol. The number of morpholine rings is 1. The minimum atomic E-state index is -3.10. The minimum absolute atomic E-state index is 0.00601. The maximum Gasteiger partial charge on any atom is 0.244 e. The molecule has 2 N–H and O–H groups in total. The molecule has 5 rings (SSSR count). The number of carbonyl (C=O) groups excluding carboxylic acids is 2. The number of amides is 2. The number of halogens is 1. The number of rotatable bonds is 4. The van der Waals surface area contributed by atoms with Crippen molar-refractivity contribution in [2.45, 2.75) is 25.5 Å². The lowest BCUT2D eigenvalue weighted by molar-refractivity contribution is -0.150. The van der Waals surface area contributed by atoms with Gasteiger partial charge in [-0.1, -0.05) is 11.6 Å². The Hall–Kier alpha value is -2.73. The number of aromatic nitrogens is 2. The fraction of sp³-hybridized carbons (Fsp3) is 0.458. The summed E-state index contributed by atoms with van der Waals surface area (Å²) in [6.45, 7) is 4.62. The number of sulfone groups is 1. The molecule has 4 heterocycles. The van der Waals surface area contributed by atoms with Crippen LogP contribution in [0.4, 0.5) is 5.69 Å². The molecule has 2 aliphatic heterocycles. The van der Waals surface area contributed by atoms with Crippen molar-refractivity contribution < 1.29 is 22.7 Å². The van der Waals surface area contributed by atoms with Crippen molar-refractivity contribution in [1.82, 2.24) is 19.8 Å². The van der Waals surface area contributed by atoms with Crippen LogP contribution in [0.5, 0.6) is 0 Å². The number of hydrogen-bond donors (Lipinski definition) is 2. The van der Waals surface area contributed by atoms with E-state index in [4.69, 9.17) is 16.3 Å². The van der Waals surface area contributed by atoms with Crippen LogP contribution in [0.2, 0.25) is 5.02 Å². The first kappa shape index (κ1) is 24.9. The molecule has 1 aromatic carbocycles. The molecule has 2 aliphatic rings. The quantitative estimate of drug-likeness (QED) is 0.526. The largest absolute Gasteiger partial charge is 0.372 e. The maximum atomic E-state index is 13.5. The molecule has 0 aliphatic carbocycles. The monoisotopic (exact) mass is 533 g/mol. The van der Waals surface area contributed by atoms with Gasteiger partial charge in [0, 0.05) is 41.6 Å². The number of pyridine rings is 1. The summed E-state index contributed by atoms with van der Waals surface area (Å²) in [6, 6.07) is 4.69. The number of H-pyrrole nitrogens is 1. The zero-order valence-corrected chi connectivity index (χ0v) is 21.7. The van der Waals surface area contributed by atoms with Crippen LogP contribution in [0.1, 0.15) is 13.8 Å². The summed E-state index contributed by atoms with van der Waals surface area (Å²) in [5.41, 5.74) is 1.53. The molecule has 2 fully saturated rings. The third-order valence-electron chi connectivity index (χ3n) is 6.73. The van der Waals surface area contributed by atoms with Gasteiger partial charge in [-0.25, -0.2) is 8.42 Å². The second kappa shape index (κ2) is 9.29. The van der Waals surface area contributed by atoms with E-state index in [2.05, 4.69) is 15.3 Å². The van der Waals surface area contributed by atoms with E-state index in [1.165, 1.54) is 0 Å². The summed E-state index contributed by atoms with van der Waals surface area (Å²) in [4.78, 5) is 37.3. The average Bonchev–Trinajstić information content (AvgIpc) is 3.17. The van der Waals surface area contributed by atoms with Gasteiger partial charge in [-0.15, -0.1) is 0 Å². The lowest BCUT2D eigenvalue weighted by Gasteiger charge is -2.43. The van der Waals surface area contributed by atoms with Crippen molar-refractivity contribution in [2.75, 3.05) is 49.6 Å². The van der Waals surface area contributed by atoms with Crippen molar-refractivity contribution in [3.63, 3.8) is 0 Å². The zero-order valence-electron chi connectivity index (χ0n) is 20.1. The Bertz CT molecular complexity index is 1440. The molecule has 1 unspecified atom stereocenters. The number of aromatic amines is 1. The number of hydrogen-bond acceptors (Lipinski definition) is 7. The van der Waals surface area contributed by atoms with Crippen LogP contribution in [0.25, 0.3) is 21.8 Å². The third kappa shape index (κ3) is 5.06. The SMILES string of the molecule is CC1(C)CN(CC(=O)N2CCS(=O)(=O)CC2)C(C(=O)Nc2cc(Cl)cc3c2[nH]c2cnccc23)CO1. The molecule has 0 bridgehead atoms. The van der Waals surface area contributed by atoms with Gasteiger partial charge in [0.2, 0.25) is 11.8 Å². The number of nitrogens with zero attached hydrogens (tertiary/aromatic N) is 3. The van der Waals surface area contributed by atoms with Gasteiger partial charge < -0.3 is 19.9 Å². The number of nitrogens with one attached hydrogen (secondary N) is 2. The average molecular weight is 534 g/mol. The van der Waals surface area contributed by atoms with E-state index in [1.807, 2.05) is 26.0 Å². The highest BCUT2D eigenvalue weighted by molar-refractivity contribution is 7.91. The van der Waals surface area contributed by atoms with Gasteiger partial charge in [-0.2, -0.15) is 0 Å². The normalized spacial score (nSPS) is 22.1. The first-order chi connectivity index (χ1) is 17.0. The Balaban J connectivity index is 1.38. The van der Waals surface area contributed by atoms with Crippen molar-refractivity contribution in [2.24, 2.45) is 0 Å². The van der Waals surface area contributed by atoms with Crippen molar-refractivity contribution in [3.05, 3.63) is 35.6 Å². The molecule has 1 atom stereocenters. The van der Waals surface area contributed by atoms with Crippen LogP contribution in [0, 0.1) is 0 Å². The van der Waals surface area contributed by atoms with E-state index < -0.39 is 21.5 Å². The van der Waals surface area contributed by atoms with Crippen molar-refractivity contribution in [1.29, 1.82) is 0 Å². The van der Waals surface area contributed by atoms with Crippen LogP contribution in [-0.2, 0) is 24.2 Å². The van der Waals surface area contributed by atoms with E-state index in [0.717, 1.165) is 21.8 Å². The summed E-state index contributed by atoms with van der Waals surface area (Å²) in [5.74, 6) is -0.599. The summed E-state index contributed by atoms with van der Waals surface area (Å²) < 4.78 is 29.4. The van der Waals surface area contributed by atoms with Crippen LogP contribution < -0.4 is 5.32 Å². The lowest BCUT2D eigenvalue weighted by Crippen LogP contribution is -2.60. The third-order valence-corrected chi connectivity index (χ3v) is 8.55. The van der Waals surface area contributed by atoms with E-state index in [0.29, 0.717) is 17.3 Å². The molecule has 0 radical (unpaired) electrons. The molecule has 2 aromatic heterocycles. The van der Waals surface area contributed by atoms with Crippen LogP contribution >= 0.6 is 11.6 Å². The van der Waals surface area contributed by atoms with Gasteiger partial charge in [-0.3, -0.25) is 19.5 Å². The van der Waals surface area contributed by atoms with E-state index in [1.54, 1.807) is 28.3 Å². The number of anilines is 1. The van der Waals surface area contributed by atoms with Gasteiger partial charge in [-0.05, 0) is 32.0 Å². The van der Waals surface area contributed by atoms with Gasteiger partial charge in [0.05, 0.1) is 53.2 Å². The van der Waals surface area contributed by atoms with Crippen LogP contribution in [-0.4, -0.2) is 95.9 Å².